The lowest BCUT2D eigenvalue weighted by atomic mass is 10.1. The molecule has 7 heteroatoms. The van der Waals surface area contributed by atoms with Crippen LogP contribution in [-0.2, 0) is 6.54 Å². The van der Waals surface area contributed by atoms with Crippen molar-refractivity contribution < 1.29 is 13.9 Å². The molecule has 2 heterocycles. The van der Waals surface area contributed by atoms with Gasteiger partial charge in [0.1, 0.15) is 17.2 Å². The van der Waals surface area contributed by atoms with E-state index < -0.39 is 0 Å². The van der Waals surface area contributed by atoms with Gasteiger partial charge in [0.25, 0.3) is 11.5 Å². The zero-order valence-electron chi connectivity index (χ0n) is 16.5. The third-order valence-corrected chi connectivity index (χ3v) is 5.01. The molecule has 0 fully saturated rings. The first-order chi connectivity index (χ1) is 14.0. The van der Waals surface area contributed by atoms with E-state index >= 15 is 0 Å². The Morgan fingerprint density at radius 1 is 1.21 bits per heavy atom. The number of hydrogen-bond acceptors (Lipinski definition) is 5. The van der Waals surface area contributed by atoms with E-state index in [2.05, 4.69) is 9.97 Å². The van der Waals surface area contributed by atoms with Crippen LogP contribution in [0.3, 0.4) is 0 Å². The second-order valence-corrected chi connectivity index (χ2v) is 6.77. The molecular weight excluding hydrogens is 370 g/mol. The monoisotopic (exact) mass is 391 g/mol. The number of fused-ring (bicyclic) bond motifs is 2. The zero-order valence-corrected chi connectivity index (χ0v) is 16.5. The van der Waals surface area contributed by atoms with E-state index in [0.717, 1.165) is 10.9 Å². The number of furan rings is 1. The van der Waals surface area contributed by atoms with Crippen molar-refractivity contribution in [3.05, 3.63) is 70.0 Å². The minimum absolute atomic E-state index is 0.176. The van der Waals surface area contributed by atoms with Crippen molar-refractivity contribution in [2.45, 2.75) is 20.4 Å². The normalized spacial score (nSPS) is 11.1. The molecule has 29 heavy (non-hydrogen) atoms. The molecular formula is C22H21N3O4. The van der Waals surface area contributed by atoms with Crippen LogP contribution >= 0.6 is 0 Å². The number of ether oxygens (including phenoxy) is 1. The first-order valence-corrected chi connectivity index (χ1v) is 9.36. The number of carbonyl (C=O) groups excluding carboxylic acids is 1. The number of rotatable bonds is 5. The highest BCUT2D eigenvalue weighted by Crippen LogP contribution is 2.29. The van der Waals surface area contributed by atoms with Crippen LogP contribution in [0.15, 0.2) is 51.7 Å². The average Bonchev–Trinajstić information content (AvgIpc) is 3.07. The summed E-state index contributed by atoms with van der Waals surface area (Å²) >= 11 is 0. The summed E-state index contributed by atoms with van der Waals surface area (Å²) in [5, 5.41) is 1.36. The van der Waals surface area contributed by atoms with Crippen molar-refractivity contribution in [3.63, 3.8) is 0 Å². The Bertz CT molecular complexity index is 1270. The number of para-hydroxylation sites is 1. The van der Waals surface area contributed by atoms with Gasteiger partial charge in [-0.25, -0.2) is 4.98 Å². The smallest absolute Gasteiger partial charge is 0.290 e. The Labute approximate surface area is 166 Å². The SMILES string of the molecule is CCN(Cc1nc2ccccc2c(=O)[nH]1)C(=O)c1oc2ccc(OC)cc2c1C. The van der Waals surface area contributed by atoms with Crippen LogP contribution < -0.4 is 10.3 Å². The Hall–Kier alpha value is -3.61. The summed E-state index contributed by atoms with van der Waals surface area (Å²) < 4.78 is 11.1. The number of benzene rings is 2. The topological polar surface area (TPSA) is 88.4 Å². The maximum absolute atomic E-state index is 13.2. The van der Waals surface area contributed by atoms with Crippen LogP contribution in [0.1, 0.15) is 28.9 Å². The van der Waals surface area contributed by atoms with Crippen molar-refractivity contribution in [3.8, 4) is 5.75 Å². The van der Waals surface area contributed by atoms with Crippen molar-refractivity contribution >= 4 is 27.8 Å². The first kappa shape index (κ1) is 18.7. The third kappa shape index (κ3) is 3.35. The molecule has 0 unspecified atom stereocenters. The molecule has 4 aromatic rings. The lowest BCUT2D eigenvalue weighted by Gasteiger charge is -2.19. The second kappa shape index (κ2) is 7.43. The second-order valence-electron chi connectivity index (χ2n) is 6.77. The van der Waals surface area contributed by atoms with Gasteiger partial charge in [-0.3, -0.25) is 9.59 Å². The first-order valence-electron chi connectivity index (χ1n) is 9.36. The number of aromatic amines is 1. The van der Waals surface area contributed by atoms with Crippen molar-refractivity contribution in [2.75, 3.05) is 13.7 Å². The van der Waals surface area contributed by atoms with E-state index in [4.69, 9.17) is 9.15 Å². The van der Waals surface area contributed by atoms with Crippen LogP contribution in [0.4, 0.5) is 0 Å². The Morgan fingerprint density at radius 2 is 2.00 bits per heavy atom. The fourth-order valence-corrected chi connectivity index (χ4v) is 3.39. The summed E-state index contributed by atoms with van der Waals surface area (Å²) in [7, 11) is 1.60. The highest BCUT2D eigenvalue weighted by Gasteiger charge is 2.23. The van der Waals surface area contributed by atoms with Gasteiger partial charge in [0.2, 0.25) is 0 Å². The molecule has 0 spiro atoms. The van der Waals surface area contributed by atoms with Gasteiger partial charge in [0, 0.05) is 17.5 Å². The van der Waals surface area contributed by atoms with Crippen LogP contribution in [0.25, 0.3) is 21.9 Å². The number of hydrogen-bond donors (Lipinski definition) is 1. The van der Waals surface area contributed by atoms with Gasteiger partial charge in [-0.05, 0) is 44.2 Å². The summed E-state index contributed by atoms with van der Waals surface area (Å²) in [4.78, 5) is 34.3. The molecule has 0 aliphatic carbocycles. The standard InChI is InChI=1S/C22H21N3O4/c1-4-25(12-19-23-17-8-6-5-7-15(17)21(26)24-19)22(27)20-13(2)16-11-14(28-3)9-10-18(16)29-20/h5-11H,4,12H2,1-3H3,(H,23,24,26). The van der Waals surface area contributed by atoms with Crippen molar-refractivity contribution in [2.24, 2.45) is 0 Å². The number of aromatic nitrogens is 2. The largest absolute Gasteiger partial charge is 0.497 e. The average molecular weight is 391 g/mol. The molecule has 0 saturated carbocycles. The van der Waals surface area contributed by atoms with Gasteiger partial charge in [-0.1, -0.05) is 12.1 Å². The predicted octanol–water partition coefficient (Wildman–Crippen LogP) is 3.65. The molecule has 0 saturated heterocycles. The summed E-state index contributed by atoms with van der Waals surface area (Å²) in [6.07, 6.45) is 0. The summed E-state index contributed by atoms with van der Waals surface area (Å²) in [6.45, 7) is 4.34. The van der Waals surface area contributed by atoms with Gasteiger partial charge in [-0.2, -0.15) is 0 Å². The molecule has 0 aliphatic heterocycles. The molecule has 0 bridgehead atoms. The molecule has 0 atom stereocenters. The molecule has 1 N–H and O–H groups in total. The van der Waals surface area contributed by atoms with E-state index in [1.165, 1.54) is 0 Å². The highest BCUT2D eigenvalue weighted by molar-refractivity contribution is 5.99. The quantitative estimate of drug-likeness (QED) is 0.561. The fraction of sp³-hybridized carbons (Fsp3) is 0.227. The molecule has 1 amide bonds. The minimum atomic E-state index is -0.254. The predicted molar refractivity (Wildman–Crippen MR) is 110 cm³/mol. The Morgan fingerprint density at radius 3 is 2.76 bits per heavy atom. The number of H-pyrrole nitrogens is 1. The van der Waals surface area contributed by atoms with Gasteiger partial charge in [-0.15, -0.1) is 0 Å². The van der Waals surface area contributed by atoms with E-state index in [-0.39, 0.29) is 23.8 Å². The number of nitrogens with zero attached hydrogens (tertiary/aromatic N) is 2. The fourth-order valence-electron chi connectivity index (χ4n) is 3.39. The molecule has 0 aliphatic rings. The highest BCUT2D eigenvalue weighted by atomic mass is 16.5. The lowest BCUT2D eigenvalue weighted by Crippen LogP contribution is -2.32. The number of nitrogens with one attached hydrogen (secondary N) is 1. The van der Waals surface area contributed by atoms with E-state index in [9.17, 15) is 9.59 Å². The number of aryl methyl sites for hydroxylation is 1. The van der Waals surface area contributed by atoms with Gasteiger partial charge >= 0.3 is 0 Å². The summed E-state index contributed by atoms with van der Waals surface area (Å²) in [6, 6.07) is 12.6. The molecule has 148 valence electrons. The number of carbonyl (C=O) groups is 1. The van der Waals surface area contributed by atoms with Crippen molar-refractivity contribution in [1.29, 1.82) is 0 Å². The Balaban J connectivity index is 1.68. The summed E-state index contributed by atoms with van der Waals surface area (Å²) in [5.74, 6) is 1.15. The van der Waals surface area contributed by atoms with Gasteiger partial charge in [0.15, 0.2) is 5.76 Å². The maximum atomic E-state index is 13.2. The van der Waals surface area contributed by atoms with Crippen molar-refractivity contribution in [1.82, 2.24) is 14.9 Å². The number of methoxy groups -OCH3 is 1. The molecule has 2 aromatic carbocycles. The van der Waals surface area contributed by atoms with Gasteiger partial charge in [0.05, 0.1) is 24.6 Å². The van der Waals surface area contributed by atoms with Gasteiger partial charge < -0.3 is 19.0 Å². The Kier molecular flexibility index (Phi) is 4.80. The molecule has 0 radical (unpaired) electrons. The van der Waals surface area contributed by atoms with E-state index in [0.29, 0.717) is 34.6 Å². The van der Waals surface area contributed by atoms with Crippen LogP contribution in [-0.4, -0.2) is 34.4 Å². The summed E-state index contributed by atoms with van der Waals surface area (Å²) in [5.41, 5.74) is 1.75. The number of amides is 1. The third-order valence-electron chi connectivity index (χ3n) is 5.01. The zero-order chi connectivity index (χ0) is 20.5. The van der Waals surface area contributed by atoms with E-state index in [1.54, 1.807) is 42.3 Å². The maximum Gasteiger partial charge on any atom is 0.290 e. The van der Waals surface area contributed by atoms with E-state index in [1.807, 2.05) is 26.0 Å². The molecule has 2 aromatic heterocycles. The van der Waals surface area contributed by atoms with Crippen LogP contribution in [0, 0.1) is 6.92 Å². The molecule has 4 rings (SSSR count). The molecule has 7 nitrogen and oxygen atoms in total. The van der Waals surface area contributed by atoms with Crippen LogP contribution in [0.2, 0.25) is 0 Å². The lowest BCUT2D eigenvalue weighted by molar-refractivity contribution is 0.0717. The minimum Gasteiger partial charge on any atom is -0.497 e. The van der Waals surface area contributed by atoms with Crippen LogP contribution in [0.5, 0.6) is 5.75 Å².